The van der Waals surface area contributed by atoms with Crippen molar-refractivity contribution >= 4 is 11.8 Å². The SMILES string of the molecule is CON(C)C(=O)[C@@H](NC(=O)c1ccc(C)cc1)C(C)C. The van der Waals surface area contributed by atoms with Crippen molar-refractivity contribution in [1.29, 1.82) is 0 Å². The Morgan fingerprint density at radius 1 is 1.20 bits per heavy atom. The van der Waals surface area contributed by atoms with Crippen LogP contribution in [0.4, 0.5) is 0 Å². The van der Waals surface area contributed by atoms with E-state index in [9.17, 15) is 9.59 Å². The third-order valence-corrected chi connectivity index (χ3v) is 3.12. The molecule has 0 fully saturated rings. The lowest BCUT2D eigenvalue weighted by molar-refractivity contribution is -0.171. The molecule has 0 aliphatic rings. The van der Waals surface area contributed by atoms with Crippen LogP contribution < -0.4 is 5.32 Å². The molecule has 1 aromatic carbocycles. The van der Waals surface area contributed by atoms with Gasteiger partial charge in [0.25, 0.3) is 11.8 Å². The highest BCUT2D eigenvalue weighted by molar-refractivity contribution is 5.97. The largest absolute Gasteiger partial charge is 0.340 e. The van der Waals surface area contributed by atoms with Crippen LogP contribution in [0.1, 0.15) is 29.8 Å². The number of amides is 2. The number of benzene rings is 1. The Morgan fingerprint density at radius 3 is 2.20 bits per heavy atom. The smallest absolute Gasteiger partial charge is 0.268 e. The number of aryl methyl sites for hydroxylation is 1. The standard InChI is InChI=1S/C15H22N2O3/c1-10(2)13(15(19)17(4)20-5)16-14(18)12-8-6-11(3)7-9-12/h6-10,13H,1-5H3,(H,16,18)/t13-/m0/s1. The summed E-state index contributed by atoms with van der Waals surface area (Å²) in [6.07, 6.45) is 0. The molecule has 0 saturated carbocycles. The van der Waals surface area contributed by atoms with Crippen molar-refractivity contribution in [1.82, 2.24) is 10.4 Å². The van der Waals surface area contributed by atoms with Gasteiger partial charge in [0.05, 0.1) is 7.11 Å². The molecular formula is C15H22N2O3. The Hall–Kier alpha value is -1.88. The summed E-state index contributed by atoms with van der Waals surface area (Å²) < 4.78 is 0. The lowest BCUT2D eigenvalue weighted by Crippen LogP contribution is -2.49. The van der Waals surface area contributed by atoms with Crippen LogP contribution >= 0.6 is 0 Å². The molecule has 0 radical (unpaired) electrons. The van der Waals surface area contributed by atoms with Gasteiger partial charge in [-0.05, 0) is 25.0 Å². The van der Waals surface area contributed by atoms with Gasteiger partial charge in [-0.3, -0.25) is 14.4 Å². The number of nitrogens with zero attached hydrogens (tertiary/aromatic N) is 1. The third-order valence-electron chi connectivity index (χ3n) is 3.12. The molecule has 5 nitrogen and oxygen atoms in total. The van der Waals surface area contributed by atoms with Gasteiger partial charge in [-0.15, -0.1) is 0 Å². The van der Waals surface area contributed by atoms with Crippen LogP contribution in [0.2, 0.25) is 0 Å². The van der Waals surface area contributed by atoms with E-state index in [0.717, 1.165) is 10.6 Å². The van der Waals surface area contributed by atoms with Gasteiger partial charge in [0, 0.05) is 12.6 Å². The minimum atomic E-state index is -0.617. The summed E-state index contributed by atoms with van der Waals surface area (Å²) in [5.41, 5.74) is 1.62. The quantitative estimate of drug-likeness (QED) is 0.835. The summed E-state index contributed by atoms with van der Waals surface area (Å²) >= 11 is 0. The van der Waals surface area contributed by atoms with Gasteiger partial charge in [0.2, 0.25) is 0 Å². The van der Waals surface area contributed by atoms with Crippen LogP contribution in [0, 0.1) is 12.8 Å². The minimum Gasteiger partial charge on any atom is -0.340 e. The number of hydrogen-bond donors (Lipinski definition) is 1. The van der Waals surface area contributed by atoms with Gasteiger partial charge in [-0.2, -0.15) is 0 Å². The second kappa shape index (κ2) is 7.05. The topological polar surface area (TPSA) is 58.6 Å². The molecule has 20 heavy (non-hydrogen) atoms. The number of rotatable bonds is 5. The molecule has 0 heterocycles. The van der Waals surface area contributed by atoms with Crippen molar-refractivity contribution < 1.29 is 14.4 Å². The number of hydrogen-bond acceptors (Lipinski definition) is 3. The van der Waals surface area contributed by atoms with Gasteiger partial charge in [0.15, 0.2) is 0 Å². The van der Waals surface area contributed by atoms with Crippen LogP contribution in [0.5, 0.6) is 0 Å². The lowest BCUT2D eigenvalue weighted by Gasteiger charge is -2.25. The average Bonchev–Trinajstić information content (AvgIpc) is 2.43. The molecule has 1 rings (SSSR count). The Kier molecular flexibility index (Phi) is 5.70. The molecule has 110 valence electrons. The van der Waals surface area contributed by atoms with Crippen molar-refractivity contribution in [2.24, 2.45) is 5.92 Å². The first kappa shape index (κ1) is 16.2. The van der Waals surface area contributed by atoms with Gasteiger partial charge >= 0.3 is 0 Å². The third kappa shape index (κ3) is 4.06. The highest BCUT2D eigenvalue weighted by atomic mass is 16.7. The predicted octanol–water partition coefficient (Wildman–Crippen LogP) is 1.77. The number of likely N-dealkylation sites (N-methyl/N-ethyl adjacent to an activating group) is 1. The van der Waals surface area contributed by atoms with E-state index in [0.29, 0.717) is 5.56 Å². The first-order chi connectivity index (χ1) is 9.36. The monoisotopic (exact) mass is 278 g/mol. The van der Waals surface area contributed by atoms with Crippen molar-refractivity contribution in [3.05, 3.63) is 35.4 Å². The zero-order chi connectivity index (χ0) is 15.3. The highest BCUT2D eigenvalue weighted by Gasteiger charge is 2.27. The second-order valence-electron chi connectivity index (χ2n) is 5.08. The zero-order valence-electron chi connectivity index (χ0n) is 12.6. The van der Waals surface area contributed by atoms with E-state index in [2.05, 4.69) is 5.32 Å². The van der Waals surface area contributed by atoms with Crippen LogP contribution in [-0.2, 0) is 9.63 Å². The van der Waals surface area contributed by atoms with Crippen LogP contribution in [0.3, 0.4) is 0 Å². The molecule has 0 aliphatic carbocycles. The average molecular weight is 278 g/mol. The van der Waals surface area contributed by atoms with Gasteiger partial charge in [-0.25, -0.2) is 5.06 Å². The van der Waals surface area contributed by atoms with E-state index in [4.69, 9.17) is 4.84 Å². The van der Waals surface area contributed by atoms with Gasteiger partial charge in [0.1, 0.15) is 6.04 Å². The fraction of sp³-hybridized carbons (Fsp3) is 0.467. The van der Waals surface area contributed by atoms with E-state index in [-0.39, 0.29) is 17.7 Å². The fourth-order valence-electron chi connectivity index (χ4n) is 1.73. The molecule has 1 aromatic rings. The van der Waals surface area contributed by atoms with E-state index in [1.54, 1.807) is 12.1 Å². The molecule has 0 bridgehead atoms. The molecule has 1 atom stereocenters. The van der Waals surface area contributed by atoms with E-state index < -0.39 is 6.04 Å². The Balaban J connectivity index is 2.83. The maximum atomic E-state index is 12.2. The van der Waals surface area contributed by atoms with E-state index in [1.807, 2.05) is 32.9 Å². The summed E-state index contributed by atoms with van der Waals surface area (Å²) in [6.45, 7) is 5.71. The minimum absolute atomic E-state index is 0.0329. The molecule has 1 N–H and O–H groups in total. The van der Waals surface area contributed by atoms with Crippen molar-refractivity contribution in [3.8, 4) is 0 Å². The van der Waals surface area contributed by atoms with Gasteiger partial charge in [-0.1, -0.05) is 31.5 Å². The summed E-state index contributed by atoms with van der Waals surface area (Å²) in [4.78, 5) is 29.2. The number of nitrogens with one attached hydrogen (secondary N) is 1. The summed E-state index contributed by atoms with van der Waals surface area (Å²) in [6, 6.07) is 6.60. The number of carbonyl (C=O) groups is 2. The molecule has 0 aromatic heterocycles. The number of carbonyl (C=O) groups excluding carboxylic acids is 2. The maximum absolute atomic E-state index is 12.2. The second-order valence-corrected chi connectivity index (χ2v) is 5.08. The van der Waals surface area contributed by atoms with Crippen molar-refractivity contribution in [3.63, 3.8) is 0 Å². The Morgan fingerprint density at radius 2 is 1.75 bits per heavy atom. The first-order valence-electron chi connectivity index (χ1n) is 6.56. The molecule has 2 amide bonds. The summed E-state index contributed by atoms with van der Waals surface area (Å²) in [7, 11) is 2.94. The molecular weight excluding hydrogens is 256 g/mol. The zero-order valence-corrected chi connectivity index (χ0v) is 12.6. The summed E-state index contributed by atoms with van der Waals surface area (Å²) in [5, 5.41) is 3.88. The molecule has 0 unspecified atom stereocenters. The molecule has 0 spiro atoms. The van der Waals surface area contributed by atoms with Crippen LogP contribution in [-0.4, -0.2) is 37.1 Å². The van der Waals surface area contributed by atoms with Gasteiger partial charge < -0.3 is 5.32 Å². The number of hydroxylamine groups is 2. The molecule has 5 heteroatoms. The highest BCUT2D eigenvalue weighted by Crippen LogP contribution is 2.08. The van der Waals surface area contributed by atoms with Crippen molar-refractivity contribution in [2.75, 3.05) is 14.2 Å². The van der Waals surface area contributed by atoms with Crippen LogP contribution in [0.25, 0.3) is 0 Å². The Labute approximate surface area is 119 Å². The molecule has 0 aliphatic heterocycles. The lowest BCUT2D eigenvalue weighted by atomic mass is 10.0. The molecule has 0 saturated heterocycles. The summed E-state index contributed by atoms with van der Waals surface area (Å²) in [5.74, 6) is -0.570. The van der Waals surface area contributed by atoms with E-state index >= 15 is 0 Å². The Bertz CT molecular complexity index is 469. The van der Waals surface area contributed by atoms with E-state index in [1.165, 1.54) is 14.2 Å². The predicted molar refractivity (Wildman–Crippen MR) is 77.1 cm³/mol. The van der Waals surface area contributed by atoms with Crippen LogP contribution in [0.15, 0.2) is 24.3 Å². The normalized spacial score (nSPS) is 12.1. The van der Waals surface area contributed by atoms with Crippen molar-refractivity contribution in [2.45, 2.75) is 26.8 Å². The fourth-order valence-corrected chi connectivity index (χ4v) is 1.73. The maximum Gasteiger partial charge on any atom is 0.268 e. The first-order valence-corrected chi connectivity index (χ1v) is 6.56.